The van der Waals surface area contributed by atoms with Gasteiger partial charge in [-0.05, 0) is 51.7 Å². The number of benzene rings is 1. The van der Waals surface area contributed by atoms with Crippen molar-refractivity contribution in [2.24, 2.45) is 16.6 Å². The average molecular weight is 318 g/mol. The molecule has 23 heavy (non-hydrogen) atoms. The van der Waals surface area contributed by atoms with Crippen LogP contribution in [0.15, 0.2) is 35.3 Å². The van der Waals surface area contributed by atoms with Crippen LogP contribution in [0.1, 0.15) is 33.6 Å². The summed E-state index contributed by atoms with van der Waals surface area (Å²) in [5, 5.41) is 5.94. The van der Waals surface area contributed by atoms with Crippen molar-refractivity contribution >= 4 is 17.7 Å². The Labute approximate surface area is 137 Å². The molecule has 1 aromatic carbocycles. The molecule has 2 rings (SSSR count). The SMILES string of the molecule is CC(C)(C)OC(=O)NC(CN=C(N)Nc1ccccc1)C1CC1. The van der Waals surface area contributed by atoms with Crippen LogP contribution in [0.5, 0.6) is 0 Å². The molecule has 6 heteroatoms. The minimum absolute atomic E-state index is 0.0408. The Hall–Kier alpha value is -2.24. The molecule has 126 valence electrons. The van der Waals surface area contributed by atoms with Gasteiger partial charge in [0.25, 0.3) is 0 Å². The summed E-state index contributed by atoms with van der Waals surface area (Å²) in [5.74, 6) is 0.795. The van der Waals surface area contributed by atoms with E-state index in [1.807, 2.05) is 51.1 Å². The molecular weight excluding hydrogens is 292 g/mol. The lowest BCUT2D eigenvalue weighted by Gasteiger charge is -2.23. The number of amides is 1. The number of anilines is 1. The fourth-order valence-corrected chi connectivity index (χ4v) is 2.18. The van der Waals surface area contributed by atoms with Crippen molar-refractivity contribution in [3.8, 4) is 0 Å². The highest BCUT2D eigenvalue weighted by molar-refractivity contribution is 5.92. The number of nitrogens with two attached hydrogens (primary N) is 1. The fraction of sp³-hybridized carbons (Fsp3) is 0.529. The minimum atomic E-state index is -0.505. The number of ether oxygens (including phenoxy) is 1. The van der Waals surface area contributed by atoms with E-state index in [4.69, 9.17) is 10.5 Å². The molecule has 1 atom stereocenters. The summed E-state index contributed by atoms with van der Waals surface area (Å²) in [6.07, 6.45) is 1.79. The second kappa shape index (κ2) is 7.35. The zero-order valence-electron chi connectivity index (χ0n) is 14.0. The molecule has 1 amide bonds. The molecule has 4 N–H and O–H groups in total. The molecule has 0 spiro atoms. The summed E-state index contributed by atoms with van der Waals surface area (Å²) in [6, 6.07) is 9.58. The van der Waals surface area contributed by atoms with Gasteiger partial charge in [-0.2, -0.15) is 0 Å². The molecule has 1 aliphatic carbocycles. The zero-order valence-corrected chi connectivity index (χ0v) is 14.0. The molecule has 0 saturated heterocycles. The van der Waals surface area contributed by atoms with E-state index in [0.29, 0.717) is 18.4 Å². The van der Waals surface area contributed by atoms with Crippen molar-refractivity contribution in [3.63, 3.8) is 0 Å². The lowest BCUT2D eigenvalue weighted by Crippen LogP contribution is -2.42. The number of hydrogen-bond donors (Lipinski definition) is 3. The number of para-hydroxylation sites is 1. The highest BCUT2D eigenvalue weighted by Gasteiger charge is 2.33. The Kier molecular flexibility index (Phi) is 5.47. The molecule has 6 nitrogen and oxygen atoms in total. The molecule has 1 aliphatic rings. The summed E-state index contributed by atoms with van der Waals surface area (Å²) in [7, 11) is 0. The van der Waals surface area contributed by atoms with E-state index >= 15 is 0 Å². The lowest BCUT2D eigenvalue weighted by atomic mass is 10.2. The third-order valence-corrected chi connectivity index (χ3v) is 3.40. The first kappa shape index (κ1) is 17.1. The summed E-state index contributed by atoms with van der Waals surface area (Å²) >= 11 is 0. The van der Waals surface area contributed by atoms with Crippen LogP contribution in [0.25, 0.3) is 0 Å². The van der Waals surface area contributed by atoms with E-state index < -0.39 is 11.7 Å². The van der Waals surface area contributed by atoms with Gasteiger partial charge in [0.15, 0.2) is 5.96 Å². The molecule has 0 aromatic heterocycles. The number of alkyl carbamates (subject to hydrolysis) is 1. The number of hydrogen-bond acceptors (Lipinski definition) is 3. The molecule has 1 aromatic rings. The molecule has 1 unspecified atom stereocenters. The maximum absolute atomic E-state index is 11.9. The smallest absolute Gasteiger partial charge is 0.407 e. The topological polar surface area (TPSA) is 88.7 Å². The Bertz CT molecular complexity index is 547. The first-order valence-electron chi connectivity index (χ1n) is 7.95. The van der Waals surface area contributed by atoms with E-state index in [1.165, 1.54) is 0 Å². The van der Waals surface area contributed by atoms with E-state index in [9.17, 15) is 4.79 Å². The molecule has 1 fully saturated rings. The quantitative estimate of drug-likeness (QED) is 0.575. The fourth-order valence-electron chi connectivity index (χ4n) is 2.18. The van der Waals surface area contributed by atoms with E-state index in [1.54, 1.807) is 0 Å². The van der Waals surface area contributed by atoms with Gasteiger partial charge in [0, 0.05) is 5.69 Å². The predicted molar refractivity (Wildman–Crippen MR) is 92.4 cm³/mol. The van der Waals surface area contributed by atoms with Gasteiger partial charge in [0.1, 0.15) is 5.60 Å². The van der Waals surface area contributed by atoms with E-state index in [0.717, 1.165) is 18.5 Å². The Morgan fingerprint density at radius 1 is 1.35 bits per heavy atom. The van der Waals surface area contributed by atoms with Crippen molar-refractivity contribution in [2.45, 2.75) is 45.3 Å². The Balaban J connectivity index is 1.87. The zero-order chi connectivity index (χ0) is 16.9. The summed E-state index contributed by atoms with van der Waals surface area (Å²) < 4.78 is 5.30. The lowest BCUT2D eigenvalue weighted by molar-refractivity contribution is 0.0500. The minimum Gasteiger partial charge on any atom is -0.444 e. The van der Waals surface area contributed by atoms with Gasteiger partial charge in [0.2, 0.25) is 0 Å². The summed E-state index contributed by atoms with van der Waals surface area (Å²) in [4.78, 5) is 16.3. The summed E-state index contributed by atoms with van der Waals surface area (Å²) in [5.41, 5.74) is 6.28. The highest BCUT2D eigenvalue weighted by atomic mass is 16.6. The number of rotatable bonds is 5. The van der Waals surface area contributed by atoms with Gasteiger partial charge < -0.3 is 21.1 Å². The maximum atomic E-state index is 11.9. The Morgan fingerprint density at radius 3 is 2.57 bits per heavy atom. The number of carbonyl (C=O) groups excluding carboxylic acids is 1. The molecule has 0 radical (unpaired) electrons. The highest BCUT2D eigenvalue weighted by Crippen LogP contribution is 2.33. The van der Waals surface area contributed by atoms with Crippen molar-refractivity contribution in [3.05, 3.63) is 30.3 Å². The van der Waals surface area contributed by atoms with Crippen molar-refractivity contribution in [2.75, 3.05) is 11.9 Å². The van der Waals surface area contributed by atoms with Gasteiger partial charge in [-0.1, -0.05) is 18.2 Å². The number of aliphatic imine (C=N–C) groups is 1. The van der Waals surface area contributed by atoms with E-state index in [2.05, 4.69) is 15.6 Å². The maximum Gasteiger partial charge on any atom is 0.407 e. The second-order valence-electron chi connectivity index (χ2n) is 6.81. The van der Waals surface area contributed by atoms with Crippen molar-refractivity contribution < 1.29 is 9.53 Å². The molecule has 0 aliphatic heterocycles. The van der Waals surface area contributed by atoms with Gasteiger partial charge in [-0.3, -0.25) is 4.99 Å². The summed E-state index contributed by atoms with van der Waals surface area (Å²) in [6.45, 7) is 5.98. The van der Waals surface area contributed by atoms with Gasteiger partial charge >= 0.3 is 6.09 Å². The van der Waals surface area contributed by atoms with Crippen LogP contribution < -0.4 is 16.4 Å². The largest absolute Gasteiger partial charge is 0.444 e. The van der Waals surface area contributed by atoms with Crippen LogP contribution >= 0.6 is 0 Å². The molecular formula is C17H26N4O2. The number of nitrogens with one attached hydrogen (secondary N) is 2. The monoisotopic (exact) mass is 318 g/mol. The first-order chi connectivity index (χ1) is 10.8. The van der Waals surface area contributed by atoms with Crippen LogP contribution in [0.2, 0.25) is 0 Å². The number of nitrogens with zero attached hydrogens (tertiary/aromatic N) is 1. The van der Waals surface area contributed by atoms with E-state index in [-0.39, 0.29) is 6.04 Å². The normalized spacial score (nSPS) is 16.6. The molecule has 0 bridgehead atoms. The predicted octanol–water partition coefficient (Wildman–Crippen LogP) is 2.72. The van der Waals surface area contributed by atoms with Gasteiger partial charge in [-0.15, -0.1) is 0 Å². The first-order valence-corrected chi connectivity index (χ1v) is 7.95. The number of carbonyl (C=O) groups is 1. The average Bonchev–Trinajstić information content (AvgIpc) is 3.27. The van der Waals surface area contributed by atoms with Crippen molar-refractivity contribution in [1.82, 2.24) is 5.32 Å². The van der Waals surface area contributed by atoms with Crippen LogP contribution in [0.3, 0.4) is 0 Å². The van der Waals surface area contributed by atoms with Crippen LogP contribution in [-0.2, 0) is 4.74 Å². The molecule has 1 saturated carbocycles. The van der Waals surface area contributed by atoms with Crippen molar-refractivity contribution in [1.29, 1.82) is 0 Å². The van der Waals surface area contributed by atoms with Gasteiger partial charge in [-0.25, -0.2) is 4.79 Å². The standard InChI is InChI=1S/C17H26N4O2/c1-17(2,3)23-16(22)21-14(12-9-10-12)11-19-15(18)20-13-7-5-4-6-8-13/h4-8,12,14H,9-11H2,1-3H3,(H,21,22)(H3,18,19,20). The Morgan fingerprint density at radius 2 is 2.00 bits per heavy atom. The molecule has 0 heterocycles. The third-order valence-electron chi connectivity index (χ3n) is 3.40. The van der Waals surface area contributed by atoms with Crippen LogP contribution in [0, 0.1) is 5.92 Å². The van der Waals surface area contributed by atoms with Gasteiger partial charge in [0.05, 0.1) is 12.6 Å². The second-order valence-corrected chi connectivity index (χ2v) is 6.81. The third kappa shape index (κ3) is 6.59. The van der Waals surface area contributed by atoms with Crippen LogP contribution in [0.4, 0.5) is 10.5 Å². The number of guanidine groups is 1. The van der Waals surface area contributed by atoms with Crippen LogP contribution in [-0.4, -0.2) is 30.2 Å².